The Morgan fingerprint density at radius 3 is 2.86 bits per heavy atom. The fourth-order valence-corrected chi connectivity index (χ4v) is 1.13. The highest BCUT2D eigenvalue weighted by molar-refractivity contribution is 5.50. The molecule has 0 saturated carbocycles. The highest BCUT2D eigenvalue weighted by Crippen LogP contribution is 2.20. The lowest BCUT2D eigenvalue weighted by atomic mass is 10.2. The van der Waals surface area contributed by atoms with Gasteiger partial charge >= 0.3 is 0 Å². The predicted molar refractivity (Wildman–Crippen MR) is 57.8 cm³/mol. The molecule has 0 aliphatic heterocycles. The van der Waals surface area contributed by atoms with Crippen LogP contribution in [-0.2, 0) is 4.74 Å². The summed E-state index contributed by atoms with van der Waals surface area (Å²) in [6.07, 6.45) is 0. The third-order valence-corrected chi connectivity index (χ3v) is 1.99. The number of aromatic hydroxyl groups is 1. The van der Waals surface area contributed by atoms with Crippen molar-refractivity contribution in [2.75, 3.05) is 25.1 Å². The first-order valence-electron chi connectivity index (χ1n) is 4.85. The van der Waals surface area contributed by atoms with E-state index >= 15 is 0 Å². The molecule has 3 nitrogen and oxygen atoms in total. The lowest BCUT2D eigenvalue weighted by Gasteiger charge is -2.07. The maximum Gasteiger partial charge on any atom is 0.120 e. The number of phenolic OH excluding ortho intramolecular Hbond substituents is 1. The van der Waals surface area contributed by atoms with E-state index in [2.05, 4.69) is 5.32 Å². The number of anilines is 1. The average Bonchev–Trinajstić information content (AvgIpc) is 2.18. The van der Waals surface area contributed by atoms with Crippen molar-refractivity contribution in [3.63, 3.8) is 0 Å². The molecular weight excluding hydrogens is 178 g/mol. The minimum Gasteiger partial charge on any atom is -0.508 e. The van der Waals surface area contributed by atoms with Crippen LogP contribution < -0.4 is 5.32 Å². The molecular formula is C11H17NO2. The van der Waals surface area contributed by atoms with Crippen molar-refractivity contribution in [3.05, 3.63) is 23.8 Å². The van der Waals surface area contributed by atoms with Crippen LogP contribution in [0.2, 0.25) is 0 Å². The summed E-state index contributed by atoms with van der Waals surface area (Å²) in [6, 6.07) is 5.56. The Morgan fingerprint density at radius 2 is 2.21 bits per heavy atom. The van der Waals surface area contributed by atoms with Crippen LogP contribution in [0.4, 0.5) is 5.69 Å². The molecule has 3 heteroatoms. The lowest BCUT2D eigenvalue weighted by Crippen LogP contribution is -2.08. The van der Waals surface area contributed by atoms with Gasteiger partial charge in [0.2, 0.25) is 0 Å². The van der Waals surface area contributed by atoms with Gasteiger partial charge in [-0.1, -0.05) is 6.07 Å². The molecule has 0 amide bonds. The Kier molecular flexibility index (Phi) is 4.26. The first-order valence-corrected chi connectivity index (χ1v) is 4.85. The Morgan fingerprint density at radius 1 is 1.43 bits per heavy atom. The summed E-state index contributed by atoms with van der Waals surface area (Å²) < 4.78 is 5.18. The van der Waals surface area contributed by atoms with Gasteiger partial charge in [-0.3, -0.25) is 0 Å². The van der Waals surface area contributed by atoms with Gasteiger partial charge in [-0.2, -0.15) is 0 Å². The normalized spacial score (nSPS) is 10.1. The highest BCUT2D eigenvalue weighted by Gasteiger charge is 1.97. The number of hydrogen-bond acceptors (Lipinski definition) is 3. The van der Waals surface area contributed by atoms with E-state index in [0.717, 1.165) is 24.4 Å². The molecule has 1 aromatic rings. The zero-order valence-corrected chi connectivity index (χ0v) is 8.71. The van der Waals surface area contributed by atoms with Gasteiger partial charge in [0.25, 0.3) is 0 Å². The van der Waals surface area contributed by atoms with Crippen molar-refractivity contribution in [2.45, 2.75) is 13.8 Å². The molecule has 0 spiro atoms. The Bertz CT molecular complexity index is 287. The van der Waals surface area contributed by atoms with Crippen LogP contribution in [0.25, 0.3) is 0 Å². The van der Waals surface area contributed by atoms with Crippen molar-refractivity contribution in [3.8, 4) is 5.75 Å². The van der Waals surface area contributed by atoms with Gasteiger partial charge in [-0.25, -0.2) is 0 Å². The van der Waals surface area contributed by atoms with Crippen LogP contribution in [0.5, 0.6) is 5.75 Å². The minimum absolute atomic E-state index is 0.325. The largest absolute Gasteiger partial charge is 0.508 e. The number of hydrogen-bond donors (Lipinski definition) is 2. The molecule has 0 unspecified atom stereocenters. The number of nitrogens with one attached hydrogen (secondary N) is 1. The first-order chi connectivity index (χ1) is 6.74. The number of aryl methyl sites for hydroxylation is 1. The third-order valence-electron chi connectivity index (χ3n) is 1.99. The molecule has 78 valence electrons. The van der Waals surface area contributed by atoms with Crippen LogP contribution in [0, 0.1) is 6.92 Å². The second-order valence-electron chi connectivity index (χ2n) is 3.12. The fourth-order valence-electron chi connectivity index (χ4n) is 1.13. The van der Waals surface area contributed by atoms with Gasteiger partial charge in [-0.05, 0) is 25.5 Å². The van der Waals surface area contributed by atoms with Crippen molar-refractivity contribution in [1.82, 2.24) is 0 Å². The Balaban J connectivity index is 2.39. The highest BCUT2D eigenvalue weighted by atomic mass is 16.5. The smallest absolute Gasteiger partial charge is 0.120 e. The zero-order valence-electron chi connectivity index (χ0n) is 8.71. The van der Waals surface area contributed by atoms with Crippen molar-refractivity contribution >= 4 is 5.69 Å². The van der Waals surface area contributed by atoms with Crippen LogP contribution in [0.3, 0.4) is 0 Å². The van der Waals surface area contributed by atoms with E-state index in [1.165, 1.54) is 0 Å². The average molecular weight is 195 g/mol. The summed E-state index contributed by atoms with van der Waals surface area (Å²) in [7, 11) is 0. The second kappa shape index (κ2) is 5.50. The van der Waals surface area contributed by atoms with E-state index in [9.17, 15) is 5.11 Å². The molecule has 0 bridgehead atoms. The summed E-state index contributed by atoms with van der Waals surface area (Å²) >= 11 is 0. The SMILES string of the molecule is CCOCCNc1ccc(C)c(O)c1. The topological polar surface area (TPSA) is 41.5 Å². The molecule has 0 saturated heterocycles. The monoisotopic (exact) mass is 195 g/mol. The molecule has 0 aliphatic rings. The van der Waals surface area contributed by atoms with Gasteiger partial charge in [-0.15, -0.1) is 0 Å². The Hall–Kier alpha value is -1.22. The first kappa shape index (κ1) is 10.9. The molecule has 14 heavy (non-hydrogen) atoms. The van der Waals surface area contributed by atoms with Crippen LogP contribution in [-0.4, -0.2) is 24.9 Å². The number of ether oxygens (including phenoxy) is 1. The number of phenols is 1. The summed E-state index contributed by atoms with van der Waals surface area (Å²) in [5.41, 5.74) is 1.81. The molecule has 2 N–H and O–H groups in total. The van der Waals surface area contributed by atoms with Gasteiger partial charge in [0.05, 0.1) is 6.61 Å². The van der Waals surface area contributed by atoms with Gasteiger partial charge in [0, 0.05) is 24.9 Å². The Labute approximate surface area is 84.7 Å². The molecule has 0 fully saturated rings. The van der Waals surface area contributed by atoms with Gasteiger partial charge in [0.15, 0.2) is 0 Å². The van der Waals surface area contributed by atoms with Crippen molar-refractivity contribution < 1.29 is 9.84 Å². The summed E-state index contributed by atoms with van der Waals surface area (Å²) in [6.45, 7) is 6.03. The molecule has 1 aromatic carbocycles. The molecule has 0 atom stereocenters. The second-order valence-corrected chi connectivity index (χ2v) is 3.12. The van der Waals surface area contributed by atoms with Crippen molar-refractivity contribution in [2.24, 2.45) is 0 Å². The van der Waals surface area contributed by atoms with E-state index in [1.807, 2.05) is 26.0 Å². The minimum atomic E-state index is 0.325. The summed E-state index contributed by atoms with van der Waals surface area (Å²) in [5.74, 6) is 0.325. The van der Waals surface area contributed by atoms with E-state index in [1.54, 1.807) is 6.07 Å². The number of rotatable bonds is 5. The van der Waals surface area contributed by atoms with Gasteiger partial charge < -0.3 is 15.2 Å². The van der Waals surface area contributed by atoms with Crippen LogP contribution >= 0.6 is 0 Å². The maximum absolute atomic E-state index is 9.43. The predicted octanol–water partition coefficient (Wildman–Crippen LogP) is 2.15. The third kappa shape index (κ3) is 3.26. The van der Waals surface area contributed by atoms with Crippen molar-refractivity contribution in [1.29, 1.82) is 0 Å². The van der Waals surface area contributed by atoms with E-state index in [0.29, 0.717) is 12.4 Å². The molecule has 0 aliphatic carbocycles. The van der Waals surface area contributed by atoms with Crippen LogP contribution in [0.1, 0.15) is 12.5 Å². The van der Waals surface area contributed by atoms with Gasteiger partial charge in [0.1, 0.15) is 5.75 Å². The molecule has 0 heterocycles. The van der Waals surface area contributed by atoms with E-state index in [-0.39, 0.29) is 0 Å². The standard InChI is InChI=1S/C11H17NO2/c1-3-14-7-6-12-10-5-4-9(2)11(13)8-10/h4-5,8,12-13H,3,6-7H2,1-2H3. The van der Waals surface area contributed by atoms with E-state index < -0.39 is 0 Å². The summed E-state index contributed by atoms with van der Waals surface area (Å²) in [5, 5.41) is 12.6. The quantitative estimate of drug-likeness (QED) is 0.707. The number of benzene rings is 1. The van der Waals surface area contributed by atoms with Crippen LogP contribution in [0.15, 0.2) is 18.2 Å². The summed E-state index contributed by atoms with van der Waals surface area (Å²) in [4.78, 5) is 0. The molecule has 0 radical (unpaired) electrons. The fraction of sp³-hybridized carbons (Fsp3) is 0.455. The molecule has 0 aromatic heterocycles. The zero-order chi connectivity index (χ0) is 10.4. The maximum atomic E-state index is 9.43. The molecule has 1 rings (SSSR count). The lowest BCUT2D eigenvalue weighted by molar-refractivity contribution is 0.158. The van der Waals surface area contributed by atoms with E-state index in [4.69, 9.17) is 4.74 Å².